The van der Waals surface area contributed by atoms with Crippen molar-refractivity contribution in [3.63, 3.8) is 0 Å². The van der Waals surface area contributed by atoms with Gasteiger partial charge in [0.15, 0.2) is 0 Å². The second-order valence-corrected chi connectivity index (χ2v) is 7.76. The third-order valence-corrected chi connectivity index (χ3v) is 5.97. The third-order valence-electron chi connectivity index (χ3n) is 5.13. The van der Waals surface area contributed by atoms with E-state index in [2.05, 4.69) is 70.5 Å². The maximum atomic E-state index is 6.40. The highest BCUT2D eigenvalue weighted by atomic mass is 79.9. The Morgan fingerprint density at radius 1 is 0.679 bits per heavy atom. The first-order chi connectivity index (χ1) is 13.8. The van der Waals surface area contributed by atoms with Gasteiger partial charge in [-0.1, -0.05) is 94.3 Å². The van der Waals surface area contributed by atoms with Gasteiger partial charge in [0, 0.05) is 26.7 Å². The van der Waals surface area contributed by atoms with Crippen LogP contribution < -0.4 is 0 Å². The molecule has 4 aromatic carbocycles. The molecule has 0 unspecified atom stereocenters. The number of halogens is 2. The van der Waals surface area contributed by atoms with Gasteiger partial charge in [-0.3, -0.25) is 0 Å². The number of furan rings is 1. The van der Waals surface area contributed by atoms with Crippen molar-refractivity contribution >= 4 is 49.5 Å². The van der Waals surface area contributed by atoms with E-state index in [9.17, 15) is 0 Å². The van der Waals surface area contributed by atoms with Crippen molar-refractivity contribution in [1.82, 2.24) is 0 Å². The van der Waals surface area contributed by atoms with E-state index in [4.69, 9.17) is 16.0 Å². The summed E-state index contributed by atoms with van der Waals surface area (Å²) in [5.41, 5.74) is 7.50. The first-order valence-corrected chi connectivity index (χ1v) is 10.6. The number of benzene rings is 4. The molecule has 0 aliphatic carbocycles. The van der Waals surface area contributed by atoms with E-state index in [1.54, 1.807) is 0 Å². The fourth-order valence-electron chi connectivity index (χ4n) is 3.83. The van der Waals surface area contributed by atoms with Crippen LogP contribution in [0.2, 0.25) is 5.02 Å². The summed E-state index contributed by atoms with van der Waals surface area (Å²) in [6.07, 6.45) is 0. The van der Waals surface area contributed by atoms with E-state index in [0.29, 0.717) is 0 Å². The van der Waals surface area contributed by atoms with Crippen molar-refractivity contribution in [2.45, 2.75) is 5.33 Å². The number of fused-ring (bicyclic) bond motifs is 3. The molecule has 28 heavy (non-hydrogen) atoms. The molecule has 0 spiro atoms. The molecule has 1 aromatic heterocycles. The molecule has 0 saturated heterocycles. The van der Waals surface area contributed by atoms with Gasteiger partial charge in [-0.2, -0.15) is 0 Å². The van der Waals surface area contributed by atoms with E-state index in [1.165, 1.54) is 11.1 Å². The van der Waals surface area contributed by atoms with Crippen LogP contribution in [0.5, 0.6) is 0 Å². The van der Waals surface area contributed by atoms with E-state index in [-0.39, 0.29) is 0 Å². The second-order valence-electron chi connectivity index (χ2n) is 6.76. The lowest BCUT2D eigenvalue weighted by atomic mass is 9.91. The van der Waals surface area contributed by atoms with Gasteiger partial charge in [0.05, 0.1) is 0 Å². The van der Waals surface area contributed by atoms with Gasteiger partial charge in [0.25, 0.3) is 0 Å². The minimum absolute atomic E-state index is 0.722. The number of hydrogen-bond acceptors (Lipinski definition) is 1. The summed E-state index contributed by atoms with van der Waals surface area (Å²) >= 11 is 10.0. The van der Waals surface area contributed by atoms with Crippen LogP contribution in [0, 0.1) is 0 Å². The highest BCUT2D eigenvalue weighted by Crippen LogP contribution is 2.41. The summed E-state index contributed by atoms with van der Waals surface area (Å²) in [6.45, 7) is 0. The van der Waals surface area contributed by atoms with Crippen LogP contribution in [-0.2, 0) is 5.33 Å². The molecule has 0 aliphatic heterocycles. The summed E-state index contributed by atoms with van der Waals surface area (Å²) in [5, 5.41) is 3.77. The summed E-state index contributed by atoms with van der Waals surface area (Å²) in [6, 6.07) is 29.0. The molecule has 0 N–H and O–H groups in total. The highest BCUT2D eigenvalue weighted by Gasteiger charge is 2.16. The molecule has 1 nitrogen and oxygen atoms in total. The minimum Gasteiger partial charge on any atom is -0.455 e. The molecule has 0 saturated carbocycles. The van der Waals surface area contributed by atoms with Gasteiger partial charge < -0.3 is 4.42 Å². The normalized spacial score (nSPS) is 11.4. The van der Waals surface area contributed by atoms with Gasteiger partial charge in [0.2, 0.25) is 0 Å². The van der Waals surface area contributed by atoms with E-state index < -0.39 is 0 Å². The van der Waals surface area contributed by atoms with Gasteiger partial charge in [0.1, 0.15) is 11.2 Å². The Labute approximate surface area is 176 Å². The SMILES string of the molecule is Clc1ccc(-c2cccc3c2oc2ccccc23)c(-c2ccccc2CBr)c1. The first-order valence-electron chi connectivity index (χ1n) is 9.10. The van der Waals surface area contributed by atoms with Gasteiger partial charge in [-0.25, -0.2) is 0 Å². The van der Waals surface area contributed by atoms with Crippen LogP contribution >= 0.6 is 27.5 Å². The molecule has 0 bridgehead atoms. The Balaban J connectivity index is 1.84. The Hall–Kier alpha value is -2.55. The lowest BCUT2D eigenvalue weighted by Gasteiger charge is -2.14. The Bertz CT molecular complexity index is 1320. The third kappa shape index (κ3) is 2.85. The molecule has 136 valence electrons. The van der Waals surface area contributed by atoms with Gasteiger partial charge in [-0.15, -0.1) is 0 Å². The quantitative estimate of drug-likeness (QED) is 0.253. The molecular weight excluding hydrogens is 432 g/mol. The zero-order chi connectivity index (χ0) is 19.1. The molecule has 0 radical (unpaired) electrons. The van der Waals surface area contributed by atoms with Crippen LogP contribution in [0.15, 0.2) is 89.3 Å². The van der Waals surface area contributed by atoms with Crippen molar-refractivity contribution in [1.29, 1.82) is 0 Å². The molecule has 3 heteroatoms. The topological polar surface area (TPSA) is 13.1 Å². The zero-order valence-electron chi connectivity index (χ0n) is 15.0. The molecule has 0 amide bonds. The van der Waals surface area contributed by atoms with Crippen molar-refractivity contribution in [2.24, 2.45) is 0 Å². The molecule has 0 atom stereocenters. The standard InChI is InChI=1S/C25H16BrClO/c26-15-16-6-1-2-7-18(16)23-14-17(27)12-13-19(23)21-9-5-10-22-20-8-3-4-11-24(20)28-25(21)22/h1-14H,15H2. The van der Waals surface area contributed by atoms with Crippen molar-refractivity contribution in [2.75, 3.05) is 0 Å². The summed E-state index contributed by atoms with van der Waals surface area (Å²) in [5.74, 6) is 0. The molecule has 5 rings (SSSR count). The Kier molecular flexibility index (Phi) is 4.46. The van der Waals surface area contributed by atoms with Crippen LogP contribution in [0.4, 0.5) is 0 Å². The predicted molar refractivity (Wildman–Crippen MR) is 122 cm³/mol. The van der Waals surface area contributed by atoms with E-state index in [1.807, 2.05) is 30.3 Å². The van der Waals surface area contributed by atoms with Crippen LogP contribution in [-0.4, -0.2) is 0 Å². The second kappa shape index (κ2) is 7.12. The summed E-state index contributed by atoms with van der Waals surface area (Å²) in [4.78, 5) is 0. The lowest BCUT2D eigenvalue weighted by molar-refractivity contribution is 0.670. The smallest absolute Gasteiger partial charge is 0.143 e. The number of alkyl halides is 1. The van der Waals surface area contributed by atoms with Crippen LogP contribution in [0.3, 0.4) is 0 Å². The van der Waals surface area contributed by atoms with Gasteiger partial charge in [-0.05, 0) is 40.5 Å². The monoisotopic (exact) mass is 446 g/mol. The molecule has 5 aromatic rings. The molecule has 0 fully saturated rings. The predicted octanol–water partition coefficient (Wildman–Crippen LogP) is 8.47. The average Bonchev–Trinajstić information content (AvgIpc) is 3.13. The van der Waals surface area contributed by atoms with Crippen molar-refractivity contribution < 1.29 is 4.42 Å². The van der Waals surface area contributed by atoms with E-state index >= 15 is 0 Å². The minimum atomic E-state index is 0.722. The first kappa shape index (κ1) is 17.5. The summed E-state index contributed by atoms with van der Waals surface area (Å²) in [7, 11) is 0. The largest absolute Gasteiger partial charge is 0.455 e. The lowest BCUT2D eigenvalue weighted by Crippen LogP contribution is -1.90. The fraction of sp³-hybridized carbons (Fsp3) is 0.0400. The number of rotatable bonds is 3. The molecule has 0 aliphatic rings. The number of para-hydroxylation sites is 2. The van der Waals surface area contributed by atoms with E-state index in [0.717, 1.165) is 49.0 Å². The maximum absolute atomic E-state index is 6.40. The highest BCUT2D eigenvalue weighted by molar-refractivity contribution is 9.08. The fourth-order valence-corrected chi connectivity index (χ4v) is 4.49. The number of hydrogen-bond donors (Lipinski definition) is 0. The van der Waals surface area contributed by atoms with Crippen molar-refractivity contribution in [3.05, 3.63) is 95.5 Å². The average molecular weight is 448 g/mol. The van der Waals surface area contributed by atoms with Crippen molar-refractivity contribution in [3.8, 4) is 22.3 Å². The van der Waals surface area contributed by atoms with Crippen LogP contribution in [0.25, 0.3) is 44.2 Å². The van der Waals surface area contributed by atoms with Gasteiger partial charge >= 0.3 is 0 Å². The Morgan fingerprint density at radius 3 is 2.32 bits per heavy atom. The Morgan fingerprint density at radius 2 is 1.43 bits per heavy atom. The molecular formula is C25H16BrClO. The zero-order valence-corrected chi connectivity index (χ0v) is 17.3. The van der Waals surface area contributed by atoms with Crippen LogP contribution in [0.1, 0.15) is 5.56 Å². The maximum Gasteiger partial charge on any atom is 0.143 e. The molecule has 1 heterocycles. The summed E-state index contributed by atoms with van der Waals surface area (Å²) < 4.78 is 6.27.